The highest BCUT2D eigenvalue weighted by Crippen LogP contribution is 2.41. The first-order chi connectivity index (χ1) is 7.66. The fraction of sp³-hybridized carbons (Fsp3) is 0.0769. The third-order valence-corrected chi connectivity index (χ3v) is 3.56. The van der Waals surface area contributed by atoms with Gasteiger partial charge in [-0.3, -0.25) is 0 Å². The number of fused-ring (bicyclic) bond motifs is 3. The van der Waals surface area contributed by atoms with Gasteiger partial charge in [-0.05, 0) is 51.6 Å². The van der Waals surface area contributed by atoms with Crippen molar-refractivity contribution in [2.75, 3.05) is 0 Å². The van der Waals surface area contributed by atoms with Crippen molar-refractivity contribution in [3.63, 3.8) is 0 Å². The Morgan fingerprint density at radius 2 is 1.94 bits per heavy atom. The molecular weight excluding hydrogens is 330 g/mol. The highest BCUT2D eigenvalue weighted by Gasteiger charge is 2.24. The normalized spacial score (nSPS) is 22.9. The van der Waals surface area contributed by atoms with Crippen LogP contribution in [0.3, 0.4) is 0 Å². The smallest absolute Gasteiger partial charge is 0.189 e. The van der Waals surface area contributed by atoms with Crippen LogP contribution in [-0.4, -0.2) is 3.35 Å². The average molecular weight is 340 g/mol. The van der Waals surface area contributed by atoms with Gasteiger partial charge in [0.05, 0.1) is 0 Å². The Bertz CT molecular complexity index is 590. The van der Waals surface area contributed by atoms with Crippen LogP contribution in [0.25, 0.3) is 16.8 Å². The van der Waals surface area contributed by atoms with Gasteiger partial charge in [-0.2, -0.15) is 0 Å². The third-order valence-electron chi connectivity index (χ3n) is 2.67. The zero-order valence-corrected chi connectivity index (χ0v) is 11.8. The zero-order valence-electron chi connectivity index (χ0n) is 8.48. The van der Waals surface area contributed by atoms with Crippen LogP contribution < -0.4 is 4.74 Å². The Kier molecular flexibility index (Phi) is 2.45. The summed E-state index contributed by atoms with van der Waals surface area (Å²) < 4.78 is 5.58. The number of ether oxygens (including phenoxy) is 1. The summed E-state index contributed by atoms with van der Waals surface area (Å²) in [5.41, 5.74) is 1.17. The molecule has 0 saturated heterocycles. The molecule has 1 aliphatic heterocycles. The second-order valence-electron chi connectivity index (χ2n) is 3.83. The van der Waals surface area contributed by atoms with Crippen LogP contribution in [0.4, 0.5) is 0 Å². The molecule has 0 radical (unpaired) electrons. The van der Waals surface area contributed by atoms with E-state index in [-0.39, 0.29) is 3.35 Å². The molecule has 1 heterocycles. The molecule has 3 heteroatoms. The summed E-state index contributed by atoms with van der Waals surface area (Å²) in [6.07, 6.45) is 4.20. The Morgan fingerprint density at radius 3 is 2.81 bits per heavy atom. The summed E-state index contributed by atoms with van der Waals surface area (Å²) in [5.74, 6) is 0.950. The Morgan fingerprint density at radius 1 is 1.12 bits per heavy atom. The minimum Gasteiger partial charge on any atom is -0.469 e. The lowest BCUT2D eigenvalue weighted by molar-refractivity contribution is 0.314. The van der Waals surface area contributed by atoms with E-state index in [1.54, 1.807) is 0 Å². The van der Waals surface area contributed by atoms with Crippen molar-refractivity contribution in [1.29, 1.82) is 0 Å². The molecule has 1 aliphatic rings. The first-order valence-corrected chi connectivity index (χ1v) is 6.69. The van der Waals surface area contributed by atoms with Crippen molar-refractivity contribution in [2.45, 2.75) is 3.35 Å². The largest absolute Gasteiger partial charge is 0.469 e. The van der Waals surface area contributed by atoms with Crippen LogP contribution >= 0.6 is 31.8 Å². The van der Waals surface area contributed by atoms with E-state index in [1.165, 1.54) is 16.3 Å². The van der Waals surface area contributed by atoms with Gasteiger partial charge in [0, 0.05) is 5.56 Å². The van der Waals surface area contributed by atoms with E-state index in [9.17, 15) is 0 Å². The van der Waals surface area contributed by atoms with E-state index in [1.807, 2.05) is 6.07 Å². The van der Waals surface area contributed by atoms with E-state index in [0.29, 0.717) is 0 Å². The van der Waals surface area contributed by atoms with Gasteiger partial charge in [-0.15, -0.1) is 0 Å². The topological polar surface area (TPSA) is 9.23 Å². The molecule has 0 aliphatic carbocycles. The van der Waals surface area contributed by atoms with Gasteiger partial charge in [0.25, 0.3) is 0 Å². The van der Waals surface area contributed by atoms with Crippen LogP contribution in [0.2, 0.25) is 0 Å². The molecule has 1 nitrogen and oxygen atoms in total. The summed E-state index contributed by atoms with van der Waals surface area (Å²) in [4.78, 5) is 0. The average Bonchev–Trinajstić information content (AvgIpc) is 2.27. The van der Waals surface area contributed by atoms with Crippen molar-refractivity contribution in [2.24, 2.45) is 0 Å². The van der Waals surface area contributed by atoms with Crippen molar-refractivity contribution < 1.29 is 4.74 Å². The van der Waals surface area contributed by atoms with Gasteiger partial charge in [-0.1, -0.05) is 39.6 Å². The quantitative estimate of drug-likeness (QED) is 0.397. The lowest BCUT2D eigenvalue weighted by Gasteiger charge is -2.26. The number of alkyl halides is 1. The first kappa shape index (κ1) is 10.5. The van der Waals surface area contributed by atoms with Gasteiger partial charge in [0.1, 0.15) is 5.75 Å². The van der Waals surface area contributed by atoms with Gasteiger partial charge < -0.3 is 4.74 Å². The minimum absolute atomic E-state index is 0.312. The fourth-order valence-electron chi connectivity index (χ4n) is 1.94. The summed E-state index contributed by atoms with van der Waals surface area (Å²) in [5, 5.41) is 2.49. The fourth-order valence-corrected chi connectivity index (χ4v) is 2.58. The highest BCUT2D eigenvalue weighted by molar-refractivity contribution is 14.1. The van der Waals surface area contributed by atoms with E-state index in [0.717, 1.165) is 5.75 Å². The summed E-state index contributed by atoms with van der Waals surface area (Å²) in [6.45, 7) is 0. The lowest BCUT2D eigenvalue weighted by atomic mass is 10.0. The molecule has 0 aromatic heterocycles. The molecule has 0 spiro atoms. The predicted molar refractivity (Wildman–Crippen MR) is 80.1 cm³/mol. The van der Waals surface area contributed by atoms with Gasteiger partial charge >= 0.3 is 0 Å². The van der Waals surface area contributed by atoms with Gasteiger partial charge in [0.2, 0.25) is 0 Å². The van der Waals surface area contributed by atoms with Crippen molar-refractivity contribution in [3.05, 3.63) is 48.0 Å². The van der Waals surface area contributed by atoms with Crippen LogP contribution in [-0.2, 0) is 0 Å². The van der Waals surface area contributed by atoms with E-state index in [4.69, 9.17) is 4.74 Å². The molecule has 2 atom stereocenters. The summed E-state index contributed by atoms with van der Waals surface area (Å²) >= 11 is 2.27. The number of benzene rings is 2. The molecule has 0 saturated carbocycles. The van der Waals surface area contributed by atoms with Crippen LogP contribution in [0.5, 0.6) is 5.75 Å². The molecule has 0 bridgehead atoms. The number of hydrogen-bond donors (Lipinski definition) is 0. The van der Waals surface area contributed by atoms with Crippen molar-refractivity contribution >= 4 is 48.7 Å². The molecule has 16 heavy (non-hydrogen) atoms. The molecule has 2 unspecified atom stereocenters. The Labute approximate surface area is 110 Å². The second kappa shape index (κ2) is 3.71. The van der Waals surface area contributed by atoms with Crippen molar-refractivity contribution in [3.8, 4) is 5.75 Å². The van der Waals surface area contributed by atoms with Gasteiger partial charge in [-0.25, -0.2) is 0 Å². The van der Waals surface area contributed by atoms with Gasteiger partial charge in [0.15, 0.2) is 3.35 Å². The molecule has 3 rings (SSSR count). The molecular formula is C13H10IOP. The molecule has 0 N–H and O–H groups in total. The zero-order chi connectivity index (χ0) is 11.2. The maximum atomic E-state index is 5.89. The highest BCUT2D eigenvalue weighted by atomic mass is 127. The van der Waals surface area contributed by atoms with Crippen LogP contribution in [0.15, 0.2) is 42.5 Å². The lowest BCUT2D eigenvalue weighted by Crippen LogP contribution is -2.19. The molecule has 2 aromatic rings. The molecule has 2 aromatic carbocycles. The Hall–Kier alpha value is -0.600. The summed E-state index contributed by atoms with van der Waals surface area (Å²) in [6, 6.07) is 12.5. The van der Waals surface area contributed by atoms with Crippen molar-refractivity contribution in [1.82, 2.24) is 0 Å². The second-order valence-corrected chi connectivity index (χ2v) is 7.55. The SMILES string of the molecule is PC1(I)C=Cc2c(ccc3ccccc23)O1. The van der Waals surface area contributed by atoms with Crippen LogP contribution in [0.1, 0.15) is 5.56 Å². The standard InChI is InChI=1S/C13H10IOP/c14-13(16)8-7-11-10-4-2-1-3-9(10)5-6-12(11)15-13/h1-8H,16H2. The van der Waals surface area contributed by atoms with Crippen LogP contribution in [0, 0.1) is 0 Å². The van der Waals surface area contributed by atoms with E-state index >= 15 is 0 Å². The third kappa shape index (κ3) is 1.74. The predicted octanol–water partition coefficient (Wildman–Crippen LogP) is 4.21. The maximum absolute atomic E-state index is 5.89. The maximum Gasteiger partial charge on any atom is 0.189 e. The Balaban J connectivity index is 2.29. The molecule has 0 amide bonds. The van der Waals surface area contributed by atoms with E-state index < -0.39 is 0 Å². The van der Waals surface area contributed by atoms with E-state index in [2.05, 4.69) is 74.3 Å². The molecule has 80 valence electrons. The number of rotatable bonds is 0. The number of halogens is 1. The molecule has 0 fully saturated rings. The first-order valence-electron chi connectivity index (χ1n) is 5.03. The number of hydrogen-bond acceptors (Lipinski definition) is 1. The minimum atomic E-state index is -0.312. The summed E-state index contributed by atoms with van der Waals surface area (Å²) in [7, 11) is 2.70. The monoisotopic (exact) mass is 340 g/mol.